The minimum absolute atomic E-state index is 0.145. The molecular weight excluding hydrogens is 256 g/mol. The monoisotopic (exact) mass is 270 g/mol. The normalized spacial score (nSPS) is 12.3. The summed E-state index contributed by atoms with van der Waals surface area (Å²) in [6, 6.07) is 5.23. The Bertz CT molecular complexity index is 366. The first-order valence-electron chi connectivity index (χ1n) is 4.87. The molecule has 0 aliphatic rings. The topological polar surface area (TPSA) is 55.1 Å². The highest BCUT2D eigenvalue weighted by atomic mass is 79.9. The van der Waals surface area contributed by atoms with Gasteiger partial charge in [-0.3, -0.25) is 4.79 Å². The standard InChI is InChI=1S/C11H15BrN2O/c1-3-10(13)11(15)14-8-5-4-7(2)9(12)6-8/h4-6,10H,3,13H2,1-2H3,(H,14,15). The van der Waals surface area contributed by atoms with Crippen LogP contribution in [0, 0.1) is 6.92 Å². The summed E-state index contributed by atoms with van der Waals surface area (Å²) in [4.78, 5) is 11.5. The Hall–Kier alpha value is -0.870. The van der Waals surface area contributed by atoms with Crippen LogP contribution in [-0.4, -0.2) is 11.9 Å². The highest BCUT2D eigenvalue weighted by Crippen LogP contribution is 2.20. The predicted molar refractivity (Wildman–Crippen MR) is 65.8 cm³/mol. The fourth-order valence-electron chi connectivity index (χ4n) is 1.09. The number of anilines is 1. The lowest BCUT2D eigenvalue weighted by atomic mass is 10.2. The Morgan fingerprint density at radius 2 is 2.27 bits per heavy atom. The second-order valence-corrected chi connectivity index (χ2v) is 4.32. The zero-order valence-electron chi connectivity index (χ0n) is 8.88. The number of rotatable bonds is 3. The molecule has 0 saturated heterocycles. The van der Waals surface area contributed by atoms with Crippen molar-refractivity contribution in [2.45, 2.75) is 26.3 Å². The van der Waals surface area contributed by atoms with Crippen molar-refractivity contribution in [2.75, 3.05) is 5.32 Å². The van der Waals surface area contributed by atoms with E-state index < -0.39 is 6.04 Å². The summed E-state index contributed by atoms with van der Waals surface area (Å²) in [6.07, 6.45) is 0.638. The van der Waals surface area contributed by atoms with Crippen LogP contribution in [0.1, 0.15) is 18.9 Å². The first-order valence-corrected chi connectivity index (χ1v) is 5.66. The molecule has 1 aromatic carbocycles. The smallest absolute Gasteiger partial charge is 0.241 e. The summed E-state index contributed by atoms with van der Waals surface area (Å²) >= 11 is 3.41. The molecule has 3 N–H and O–H groups in total. The molecule has 0 radical (unpaired) electrons. The SMILES string of the molecule is CCC(N)C(=O)Nc1ccc(C)c(Br)c1. The Labute approximate surface area is 98.2 Å². The van der Waals surface area contributed by atoms with Gasteiger partial charge in [0.15, 0.2) is 0 Å². The number of carbonyl (C=O) groups excluding carboxylic acids is 1. The van der Waals surface area contributed by atoms with Gasteiger partial charge in [0.1, 0.15) is 0 Å². The average Bonchev–Trinajstić information content (AvgIpc) is 2.22. The predicted octanol–water partition coefficient (Wildman–Crippen LogP) is 2.43. The minimum Gasteiger partial charge on any atom is -0.325 e. The van der Waals surface area contributed by atoms with Crippen molar-refractivity contribution in [3.05, 3.63) is 28.2 Å². The van der Waals surface area contributed by atoms with Gasteiger partial charge in [-0.1, -0.05) is 28.9 Å². The van der Waals surface area contributed by atoms with Crippen molar-refractivity contribution in [1.29, 1.82) is 0 Å². The maximum absolute atomic E-state index is 11.5. The number of nitrogens with two attached hydrogens (primary N) is 1. The van der Waals surface area contributed by atoms with E-state index in [1.165, 1.54) is 0 Å². The molecule has 1 unspecified atom stereocenters. The lowest BCUT2D eigenvalue weighted by Gasteiger charge is -2.10. The van der Waals surface area contributed by atoms with E-state index in [2.05, 4.69) is 21.2 Å². The van der Waals surface area contributed by atoms with Crippen LogP contribution >= 0.6 is 15.9 Å². The van der Waals surface area contributed by atoms with Crippen molar-refractivity contribution < 1.29 is 4.79 Å². The van der Waals surface area contributed by atoms with Crippen molar-refractivity contribution in [3.63, 3.8) is 0 Å². The van der Waals surface area contributed by atoms with E-state index in [1.807, 2.05) is 32.0 Å². The van der Waals surface area contributed by atoms with Crippen LogP contribution in [0.5, 0.6) is 0 Å². The number of hydrogen-bond acceptors (Lipinski definition) is 2. The zero-order chi connectivity index (χ0) is 11.4. The summed E-state index contributed by atoms with van der Waals surface area (Å²) in [5, 5.41) is 2.77. The van der Waals surface area contributed by atoms with Gasteiger partial charge in [-0.2, -0.15) is 0 Å². The fraction of sp³-hybridized carbons (Fsp3) is 0.364. The molecule has 0 spiro atoms. The van der Waals surface area contributed by atoms with Crippen molar-refractivity contribution in [1.82, 2.24) is 0 Å². The zero-order valence-corrected chi connectivity index (χ0v) is 10.5. The van der Waals surface area contributed by atoms with E-state index in [1.54, 1.807) is 0 Å². The Kier molecular flexibility index (Phi) is 4.29. The number of hydrogen-bond donors (Lipinski definition) is 2. The van der Waals surface area contributed by atoms with E-state index in [9.17, 15) is 4.79 Å². The quantitative estimate of drug-likeness (QED) is 0.887. The Balaban J connectivity index is 2.73. The number of aryl methyl sites for hydroxylation is 1. The Morgan fingerprint density at radius 1 is 1.60 bits per heavy atom. The summed E-state index contributed by atoms with van der Waals surface area (Å²) < 4.78 is 0.977. The van der Waals surface area contributed by atoms with Gasteiger partial charge < -0.3 is 11.1 Å². The van der Waals surface area contributed by atoms with Crippen LogP contribution in [-0.2, 0) is 4.79 Å². The number of benzene rings is 1. The molecular formula is C11H15BrN2O. The number of halogens is 1. The summed E-state index contributed by atoms with van der Waals surface area (Å²) in [7, 11) is 0. The second kappa shape index (κ2) is 5.28. The van der Waals surface area contributed by atoms with Crippen molar-refractivity contribution in [3.8, 4) is 0 Å². The molecule has 1 aromatic rings. The van der Waals surface area contributed by atoms with E-state index in [4.69, 9.17) is 5.73 Å². The molecule has 0 heterocycles. The largest absolute Gasteiger partial charge is 0.325 e. The van der Waals surface area contributed by atoms with Gasteiger partial charge in [0, 0.05) is 10.2 Å². The van der Waals surface area contributed by atoms with Gasteiger partial charge in [0.05, 0.1) is 6.04 Å². The Morgan fingerprint density at radius 3 is 2.80 bits per heavy atom. The molecule has 82 valence electrons. The van der Waals surface area contributed by atoms with Gasteiger partial charge in [0.2, 0.25) is 5.91 Å². The second-order valence-electron chi connectivity index (χ2n) is 3.47. The third kappa shape index (κ3) is 3.32. The molecule has 0 saturated carbocycles. The van der Waals surface area contributed by atoms with E-state index in [-0.39, 0.29) is 5.91 Å². The number of amides is 1. The molecule has 1 atom stereocenters. The van der Waals surface area contributed by atoms with Gasteiger partial charge in [0.25, 0.3) is 0 Å². The summed E-state index contributed by atoms with van der Waals surface area (Å²) in [5.74, 6) is -0.145. The van der Waals surface area contributed by atoms with E-state index in [0.717, 1.165) is 15.7 Å². The highest BCUT2D eigenvalue weighted by molar-refractivity contribution is 9.10. The molecule has 0 bridgehead atoms. The van der Waals surface area contributed by atoms with Crippen molar-refractivity contribution >= 4 is 27.5 Å². The van der Waals surface area contributed by atoms with E-state index >= 15 is 0 Å². The lowest BCUT2D eigenvalue weighted by Crippen LogP contribution is -2.34. The summed E-state index contributed by atoms with van der Waals surface area (Å²) in [6.45, 7) is 3.88. The maximum atomic E-state index is 11.5. The molecule has 0 aromatic heterocycles. The van der Waals surface area contributed by atoms with Crippen LogP contribution in [0.4, 0.5) is 5.69 Å². The fourth-order valence-corrected chi connectivity index (χ4v) is 1.47. The molecule has 4 heteroatoms. The molecule has 1 amide bonds. The lowest BCUT2D eigenvalue weighted by molar-refractivity contribution is -0.117. The van der Waals surface area contributed by atoms with Crippen LogP contribution in [0.25, 0.3) is 0 Å². The maximum Gasteiger partial charge on any atom is 0.241 e. The number of nitrogens with one attached hydrogen (secondary N) is 1. The van der Waals surface area contributed by atoms with Gasteiger partial charge in [-0.15, -0.1) is 0 Å². The highest BCUT2D eigenvalue weighted by Gasteiger charge is 2.10. The van der Waals surface area contributed by atoms with Crippen molar-refractivity contribution in [2.24, 2.45) is 5.73 Å². The molecule has 0 aliphatic heterocycles. The molecule has 0 fully saturated rings. The van der Waals surface area contributed by atoms with Gasteiger partial charge in [-0.05, 0) is 31.0 Å². The first-order chi connectivity index (χ1) is 7.04. The third-order valence-corrected chi connectivity index (χ3v) is 3.07. The number of carbonyl (C=O) groups is 1. The van der Waals surface area contributed by atoms with E-state index in [0.29, 0.717) is 6.42 Å². The van der Waals surface area contributed by atoms with Crippen LogP contribution in [0.15, 0.2) is 22.7 Å². The molecule has 1 rings (SSSR count). The first kappa shape index (κ1) is 12.2. The van der Waals surface area contributed by atoms with Crippen LogP contribution in [0.2, 0.25) is 0 Å². The summed E-state index contributed by atoms with van der Waals surface area (Å²) in [5.41, 5.74) is 7.51. The minimum atomic E-state index is -0.440. The molecule has 3 nitrogen and oxygen atoms in total. The van der Waals surface area contributed by atoms with Crippen LogP contribution < -0.4 is 11.1 Å². The molecule has 0 aliphatic carbocycles. The van der Waals surface area contributed by atoms with Gasteiger partial charge >= 0.3 is 0 Å². The third-order valence-electron chi connectivity index (χ3n) is 2.22. The van der Waals surface area contributed by atoms with Crippen LogP contribution in [0.3, 0.4) is 0 Å². The van der Waals surface area contributed by atoms with Gasteiger partial charge in [-0.25, -0.2) is 0 Å². The molecule has 15 heavy (non-hydrogen) atoms. The average molecular weight is 271 g/mol.